The number of methoxy groups -OCH3 is 1. The third-order valence-corrected chi connectivity index (χ3v) is 6.93. The molecule has 0 saturated carbocycles. The Morgan fingerprint density at radius 2 is 1.97 bits per heavy atom. The molecule has 5 rings (SSSR count). The van der Waals surface area contributed by atoms with E-state index in [4.69, 9.17) is 14.8 Å². The van der Waals surface area contributed by atoms with Gasteiger partial charge in [0.1, 0.15) is 11.5 Å². The first kappa shape index (κ1) is 24.3. The summed E-state index contributed by atoms with van der Waals surface area (Å²) in [6.45, 7) is 6.97. The van der Waals surface area contributed by atoms with E-state index in [2.05, 4.69) is 52.3 Å². The molecule has 0 bridgehead atoms. The van der Waals surface area contributed by atoms with Crippen molar-refractivity contribution < 1.29 is 4.74 Å². The van der Waals surface area contributed by atoms with Crippen molar-refractivity contribution in [2.24, 2.45) is 0 Å². The molecule has 1 saturated heterocycles. The summed E-state index contributed by atoms with van der Waals surface area (Å²) in [4.78, 5) is 16.3. The summed E-state index contributed by atoms with van der Waals surface area (Å²) in [7, 11) is 1.78. The number of ether oxygens (including phenoxy) is 1. The van der Waals surface area contributed by atoms with E-state index in [9.17, 15) is 0 Å². The molecular weight excluding hydrogens is 448 g/mol. The summed E-state index contributed by atoms with van der Waals surface area (Å²) >= 11 is 0. The van der Waals surface area contributed by atoms with Crippen molar-refractivity contribution in [1.29, 1.82) is 0 Å². The number of hydrogen-bond acceptors (Lipinski definition) is 6. The molecule has 4 heterocycles. The van der Waals surface area contributed by atoms with Crippen LogP contribution in [0.2, 0.25) is 0 Å². The van der Waals surface area contributed by atoms with E-state index >= 15 is 0 Å². The van der Waals surface area contributed by atoms with Crippen molar-refractivity contribution in [3.8, 4) is 22.5 Å². The summed E-state index contributed by atoms with van der Waals surface area (Å²) in [5.74, 6) is 1.40. The van der Waals surface area contributed by atoms with Crippen LogP contribution >= 0.6 is 0 Å². The summed E-state index contributed by atoms with van der Waals surface area (Å²) < 4.78 is 7.21. The zero-order chi connectivity index (χ0) is 24.7. The summed E-state index contributed by atoms with van der Waals surface area (Å²) in [5.41, 5.74) is 6.40. The fourth-order valence-electron chi connectivity index (χ4n) is 4.96. The van der Waals surface area contributed by atoms with E-state index in [1.165, 1.54) is 30.5 Å². The van der Waals surface area contributed by atoms with E-state index in [0.29, 0.717) is 12.3 Å². The van der Waals surface area contributed by atoms with E-state index in [-0.39, 0.29) is 0 Å². The van der Waals surface area contributed by atoms with E-state index in [0.717, 1.165) is 54.6 Å². The zero-order valence-corrected chi connectivity index (χ0v) is 21.2. The Morgan fingerprint density at radius 1 is 1.08 bits per heavy atom. The highest BCUT2D eigenvalue weighted by Gasteiger charge is 2.21. The summed E-state index contributed by atoms with van der Waals surface area (Å²) in [6.07, 6.45) is 10.7. The summed E-state index contributed by atoms with van der Waals surface area (Å²) in [5, 5.41) is 4.77. The van der Waals surface area contributed by atoms with Gasteiger partial charge in [0.25, 0.3) is 0 Å². The number of hydrogen-bond donors (Lipinski definition) is 0. The van der Waals surface area contributed by atoms with Crippen LogP contribution in [0, 0.1) is 0 Å². The van der Waals surface area contributed by atoms with Gasteiger partial charge >= 0.3 is 0 Å². The summed E-state index contributed by atoms with van der Waals surface area (Å²) in [6, 6.07) is 15.0. The predicted octanol–water partition coefficient (Wildman–Crippen LogP) is 4.84. The van der Waals surface area contributed by atoms with E-state index < -0.39 is 0 Å². The minimum atomic E-state index is 0.588. The first-order chi connectivity index (χ1) is 17.7. The SMILES string of the molecule is CCn1cc(-c2ccnc(Cc3ccc(C4CCCN(CCOC)C4)cc3)n2)c(-c2cccnc2)n1. The monoisotopic (exact) mass is 482 g/mol. The maximum Gasteiger partial charge on any atom is 0.133 e. The van der Waals surface area contributed by atoms with Crippen LogP contribution in [-0.2, 0) is 17.7 Å². The van der Waals surface area contributed by atoms with Gasteiger partial charge in [0.2, 0.25) is 0 Å². The molecule has 7 heteroatoms. The van der Waals surface area contributed by atoms with Gasteiger partial charge in [-0.05, 0) is 61.6 Å². The van der Waals surface area contributed by atoms with Gasteiger partial charge < -0.3 is 9.64 Å². The Hall–Kier alpha value is -3.42. The highest BCUT2D eigenvalue weighted by Crippen LogP contribution is 2.30. The van der Waals surface area contributed by atoms with Gasteiger partial charge in [-0.25, -0.2) is 9.97 Å². The first-order valence-electron chi connectivity index (χ1n) is 12.8. The fraction of sp³-hybridized carbons (Fsp3) is 0.379. The molecule has 0 radical (unpaired) electrons. The van der Waals surface area contributed by atoms with Crippen LogP contribution in [0.1, 0.15) is 42.6 Å². The van der Waals surface area contributed by atoms with E-state index in [1.54, 1.807) is 13.3 Å². The molecule has 36 heavy (non-hydrogen) atoms. The fourth-order valence-corrected chi connectivity index (χ4v) is 4.96. The molecule has 1 atom stereocenters. The number of rotatable bonds is 9. The molecule has 0 spiro atoms. The quantitative estimate of drug-likeness (QED) is 0.340. The second kappa shape index (κ2) is 11.5. The Balaban J connectivity index is 1.32. The van der Waals surface area contributed by atoms with Crippen molar-refractivity contribution in [2.75, 3.05) is 33.4 Å². The molecule has 186 valence electrons. The van der Waals surface area contributed by atoms with Crippen LogP contribution in [0.25, 0.3) is 22.5 Å². The number of likely N-dealkylation sites (tertiary alicyclic amines) is 1. The number of benzene rings is 1. The van der Waals surface area contributed by atoms with Gasteiger partial charge in [-0.2, -0.15) is 5.10 Å². The predicted molar refractivity (Wildman–Crippen MR) is 142 cm³/mol. The lowest BCUT2D eigenvalue weighted by molar-refractivity contribution is 0.128. The highest BCUT2D eigenvalue weighted by molar-refractivity contribution is 5.78. The van der Waals surface area contributed by atoms with Gasteiger partial charge in [-0.1, -0.05) is 24.3 Å². The Morgan fingerprint density at radius 3 is 2.75 bits per heavy atom. The van der Waals surface area contributed by atoms with Gasteiger partial charge in [-0.15, -0.1) is 0 Å². The average Bonchev–Trinajstić information content (AvgIpc) is 3.38. The zero-order valence-electron chi connectivity index (χ0n) is 21.2. The lowest BCUT2D eigenvalue weighted by Crippen LogP contribution is -2.36. The largest absolute Gasteiger partial charge is 0.383 e. The van der Waals surface area contributed by atoms with Crippen molar-refractivity contribution in [3.63, 3.8) is 0 Å². The van der Waals surface area contributed by atoms with Gasteiger partial charge in [0, 0.05) is 69.1 Å². The lowest BCUT2D eigenvalue weighted by atomic mass is 9.90. The maximum atomic E-state index is 5.27. The standard InChI is InChI=1S/C29H34N6O/c1-3-35-21-26(29(33-35)24-6-4-13-30-19-24)27-12-14-31-28(32-27)18-22-8-10-23(11-9-22)25-7-5-15-34(20-25)16-17-36-2/h4,6,8-14,19,21,25H,3,5,7,15-18,20H2,1-2H3. The maximum absolute atomic E-state index is 5.27. The third kappa shape index (κ3) is 5.69. The average molecular weight is 483 g/mol. The van der Waals surface area contributed by atoms with Crippen molar-refractivity contribution in [2.45, 2.75) is 38.6 Å². The van der Waals surface area contributed by atoms with Crippen LogP contribution in [0.5, 0.6) is 0 Å². The van der Waals surface area contributed by atoms with Crippen molar-refractivity contribution >= 4 is 0 Å². The molecule has 1 aliphatic heterocycles. The number of piperidine rings is 1. The number of pyridine rings is 1. The van der Waals surface area contributed by atoms with Crippen molar-refractivity contribution in [1.82, 2.24) is 29.6 Å². The number of aromatic nitrogens is 5. The number of nitrogens with zero attached hydrogens (tertiary/aromatic N) is 6. The van der Waals surface area contributed by atoms with Crippen molar-refractivity contribution in [3.05, 3.63) is 84.2 Å². The normalized spacial score (nSPS) is 16.3. The van der Waals surface area contributed by atoms with Crippen LogP contribution in [0.3, 0.4) is 0 Å². The molecular formula is C29H34N6O. The lowest BCUT2D eigenvalue weighted by Gasteiger charge is -2.32. The molecule has 0 aliphatic carbocycles. The second-order valence-corrected chi connectivity index (χ2v) is 9.40. The van der Waals surface area contributed by atoms with Gasteiger partial charge in [0.15, 0.2) is 0 Å². The molecule has 1 aliphatic rings. The third-order valence-electron chi connectivity index (χ3n) is 6.93. The topological polar surface area (TPSA) is 69.0 Å². The second-order valence-electron chi connectivity index (χ2n) is 9.40. The minimum absolute atomic E-state index is 0.588. The molecule has 1 fully saturated rings. The molecule has 1 unspecified atom stereocenters. The minimum Gasteiger partial charge on any atom is -0.383 e. The molecule has 3 aromatic heterocycles. The van der Waals surface area contributed by atoms with Gasteiger partial charge in [0.05, 0.1) is 12.3 Å². The van der Waals surface area contributed by atoms with Crippen LogP contribution in [0.4, 0.5) is 0 Å². The van der Waals surface area contributed by atoms with Crippen LogP contribution in [-0.4, -0.2) is 63.0 Å². The first-order valence-corrected chi connectivity index (χ1v) is 12.8. The Bertz CT molecular complexity index is 1250. The smallest absolute Gasteiger partial charge is 0.133 e. The molecule has 4 aromatic rings. The highest BCUT2D eigenvalue weighted by atomic mass is 16.5. The number of aryl methyl sites for hydroxylation is 1. The Kier molecular flexibility index (Phi) is 7.79. The molecule has 0 amide bonds. The molecule has 7 nitrogen and oxygen atoms in total. The molecule has 1 aromatic carbocycles. The van der Waals surface area contributed by atoms with E-state index in [1.807, 2.05) is 35.3 Å². The Labute approximate surface area is 213 Å². The molecule has 0 N–H and O–H groups in total. The van der Waals surface area contributed by atoms with Gasteiger partial charge in [-0.3, -0.25) is 9.67 Å². The van der Waals surface area contributed by atoms with Crippen LogP contribution in [0.15, 0.2) is 67.3 Å². The van der Waals surface area contributed by atoms with Crippen LogP contribution < -0.4 is 0 Å².